The van der Waals surface area contributed by atoms with Crippen molar-refractivity contribution in [1.82, 2.24) is 20.3 Å². The van der Waals surface area contributed by atoms with Gasteiger partial charge in [0.2, 0.25) is 5.88 Å². The number of nitrogens with zero attached hydrogens (tertiary/aromatic N) is 3. The summed E-state index contributed by atoms with van der Waals surface area (Å²) in [6, 6.07) is 10.8. The van der Waals surface area contributed by atoms with E-state index in [1.54, 1.807) is 18.5 Å². The van der Waals surface area contributed by atoms with Gasteiger partial charge in [-0.15, -0.1) is 0 Å². The van der Waals surface area contributed by atoms with Crippen LogP contribution in [0.5, 0.6) is 11.6 Å². The van der Waals surface area contributed by atoms with E-state index in [0.717, 1.165) is 29.1 Å². The van der Waals surface area contributed by atoms with Gasteiger partial charge in [0, 0.05) is 30.0 Å². The van der Waals surface area contributed by atoms with Gasteiger partial charge in [-0.05, 0) is 69.7 Å². The molecule has 2 N–H and O–H groups in total. The molecule has 3 rings (SSSR count). The number of hydrogen-bond acceptors (Lipinski definition) is 5. The van der Waals surface area contributed by atoms with Crippen LogP contribution in [0.25, 0.3) is 11.3 Å². The number of ether oxygens (including phenoxy) is 1. The topological polar surface area (TPSA) is 89.0 Å². The van der Waals surface area contributed by atoms with Crippen LogP contribution >= 0.6 is 0 Å². The standard InChI is InChI=1S/C23H27N5O2/c1-6-20-24-13-11-18(27-20)17-8-7-12-25-21(17)30-19-10-9-16(14-15(19)2)26-22(29)28-23(3,4)5/h7-14H,6H2,1-5H3,(H2,26,28,29). The maximum Gasteiger partial charge on any atom is 0.319 e. The molecule has 2 amide bonds. The molecule has 2 aromatic heterocycles. The summed E-state index contributed by atoms with van der Waals surface area (Å²) in [4.78, 5) is 25.3. The minimum absolute atomic E-state index is 0.252. The van der Waals surface area contributed by atoms with Gasteiger partial charge >= 0.3 is 6.03 Å². The van der Waals surface area contributed by atoms with E-state index >= 15 is 0 Å². The second-order valence-corrected chi connectivity index (χ2v) is 7.98. The zero-order chi connectivity index (χ0) is 21.7. The summed E-state index contributed by atoms with van der Waals surface area (Å²) in [6.45, 7) is 9.73. The number of carbonyl (C=O) groups excluding carboxylic acids is 1. The molecule has 0 saturated heterocycles. The summed E-state index contributed by atoms with van der Waals surface area (Å²) >= 11 is 0. The molecule has 0 spiro atoms. The minimum Gasteiger partial charge on any atom is -0.438 e. The predicted molar refractivity (Wildman–Crippen MR) is 118 cm³/mol. The molecule has 3 aromatic rings. The Labute approximate surface area is 176 Å². The van der Waals surface area contributed by atoms with Gasteiger partial charge in [-0.2, -0.15) is 0 Å². The fraction of sp³-hybridized carbons (Fsp3) is 0.304. The van der Waals surface area contributed by atoms with Crippen molar-refractivity contribution in [2.24, 2.45) is 0 Å². The van der Waals surface area contributed by atoms with Crippen molar-refractivity contribution in [1.29, 1.82) is 0 Å². The lowest BCUT2D eigenvalue weighted by Crippen LogP contribution is -2.43. The molecule has 2 heterocycles. The molecule has 1 aromatic carbocycles. The summed E-state index contributed by atoms with van der Waals surface area (Å²) in [6.07, 6.45) is 4.18. The van der Waals surface area contributed by atoms with Crippen molar-refractivity contribution < 1.29 is 9.53 Å². The second kappa shape index (κ2) is 8.90. The van der Waals surface area contributed by atoms with Gasteiger partial charge < -0.3 is 15.4 Å². The molecule has 0 radical (unpaired) electrons. The largest absolute Gasteiger partial charge is 0.438 e. The van der Waals surface area contributed by atoms with Gasteiger partial charge in [0.25, 0.3) is 0 Å². The van der Waals surface area contributed by atoms with Crippen LogP contribution in [-0.4, -0.2) is 26.5 Å². The summed E-state index contributed by atoms with van der Waals surface area (Å²) in [5.74, 6) is 1.89. The first-order valence-electron chi connectivity index (χ1n) is 9.90. The molecule has 7 nitrogen and oxygen atoms in total. The number of urea groups is 1. The third-order valence-corrected chi connectivity index (χ3v) is 4.20. The third-order valence-electron chi connectivity index (χ3n) is 4.20. The molecule has 0 aliphatic rings. The maximum atomic E-state index is 12.1. The second-order valence-electron chi connectivity index (χ2n) is 7.98. The summed E-state index contributed by atoms with van der Waals surface area (Å²) < 4.78 is 6.11. The van der Waals surface area contributed by atoms with Crippen LogP contribution in [-0.2, 0) is 6.42 Å². The summed E-state index contributed by atoms with van der Waals surface area (Å²) in [7, 11) is 0. The number of aromatic nitrogens is 3. The first kappa shape index (κ1) is 21.2. The lowest BCUT2D eigenvalue weighted by Gasteiger charge is -2.21. The lowest BCUT2D eigenvalue weighted by molar-refractivity contribution is 0.244. The molecule has 0 saturated carbocycles. The Bertz CT molecular complexity index is 1040. The number of amides is 2. The lowest BCUT2D eigenvalue weighted by atomic mass is 10.1. The smallest absolute Gasteiger partial charge is 0.319 e. The highest BCUT2D eigenvalue weighted by Crippen LogP contribution is 2.32. The number of benzene rings is 1. The third kappa shape index (κ3) is 5.53. The fourth-order valence-corrected chi connectivity index (χ4v) is 2.84. The van der Waals surface area contributed by atoms with Crippen LogP contribution in [0, 0.1) is 6.92 Å². The molecular formula is C23H27N5O2. The van der Waals surface area contributed by atoms with Crippen LogP contribution < -0.4 is 15.4 Å². The van der Waals surface area contributed by atoms with E-state index in [2.05, 4.69) is 25.6 Å². The number of anilines is 1. The number of hydrogen-bond donors (Lipinski definition) is 2. The van der Waals surface area contributed by atoms with Crippen molar-refractivity contribution in [3.05, 3.63) is 60.2 Å². The molecule has 0 aliphatic heterocycles. The zero-order valence-corrected chi connectivity index (χ0v) is 18.0. The molecule has 7 heteroatoms. The molecule has 0 aliphatic carbocycles. The van der Waals surface area contributed by atoms with E-state index in [0.29, 0.717) is 17.3 Å². The Morgan fingerprint density at radius 2 is 1.90 bits per heavy atom. The fourth-order valence-electron chi connectivity index (χ4n) is 2.84. The first-order chi connectivity index (χ1) is 14.2. The maximum absolute atomic E-state index is 12.1. The molecule has 0 unspecified atom stereocenters. The van der Waals surface area contributed by atoms with E-state index < -0.39 is 0 Å². The van der Waals surface area contributed by atoms with E-state index in [-0.39, 0.29) is 11.6 Å². The SMILES string of the molecule is CCc1nccc(-c2cccnc2Oc2ccc(NC(=O)NC(C)(C)C)cc2C)n1. The van der Waals surface area contributed by atoms with Gasteiger partial charge in [-0.25, -0.2) is 19.7 Å². The minimum atomic E-state index is -0.309. The monoisotopic (exact) mass is 405 g/mol. The number of carbonyl (C=O) groups is 1. The predicted octanol–water partition coefficient (Wildman–Crippen LogP) is 5.12. The van der Waals surface area contributed by atoms with Crippen molar-refractivity contribution in [2.45, 2.75) is 46.6 Å². The van der Waals surface area contributed by atoms with Crippen molar-refractivity contribution in [3.63, 3.8) is 0 Å². The van der Waals surface area contributed by atoms with E-state index in [1.807, 2.05) is 65.0 Å². The van der Waals surface area contributed by atoms with Crippen LogP contribution in [0.3, 0.4) is 0 Å². The number of pyridine rings is 1. The van der Waals surface area contributed by atoms with Crippen LogP contribution in [0.4, 0.5) is 10.5 Å². The number of rotatable bonds is 5. The van der Waals surface area contributed by atoms with Gasteiger partial charge in [0.1, 0.15) is 11.6 Å². The molecular weight excluding hydrogens is 378 g/mol. The number of nitrogens with one attached hydrogen (secondary N) is 2. The molecule has 156 valence electrons. The first-order valence-corrected chi connectivity index (χ1v) is 9.90. The normalized spacial score (nSPS) is 11.1. The van der Waals surface area contributed by atoms with E-state index in [4.69, 9.17) is 4.74 Å². The summed E-state index contributed by atoms with van der Waals surface area (Å²) in [5.41, 5.74) is 2.81. The average Bonchev–Trinajstić information content (AvgIpc) is 2.69. The molecule has 0 atom stereocenters. The Morgan fingerprint density at radius 3 is 2.60 bits per heavy atom. The van der Waals surface area contributed by atoms with Crippen molar-refractivity contribution >= 4 is 11.7 Å². The van der Waals surface area contributed by atoms with E-state index in [9.17, 15) is 4.79 Å². The van der Waals surface area contributed by atoms with Crippen LogP contribution in [0.2, 0.25) is 0 Å². The summed E-state index contributed by atoms with van der Waals surface area (Å²) in [5, 5.41) is 5.72. The van der Waals surface area contributed by atoms with Gasteiger partial charge in [-0.1, -0.05) is 6.92 Å². The van der Waals surface area contributed by atoms with Gasteiger partial charge in [0.05, 0.1) is 11.3 Å². The highest BCUT2D eigenvalue weighted by atomic mass is 16.5. The Hall–Kier alpha value is -3.48. The van der Waals surface area contributed by atoms with E-state index in [1.165, 1.54) is 0 Å². The Morgan fingerprint density at radius 1 is 1.10 bits per heavy atom. The Balaban J connectivity index is 1.81. The van der Waals surface area contributed by atoms with Gasteiger partial charge in [-0.3, -0.25) is 0 Å². The molecule has 0 bridgehead atoms. The average molecular weight is 406 g/mol. The van der Waals surface area contributed by atoms with Crippen LogP contribution in [0.15, 0.2) is 48.8 Å². The quantitative estimate of drug-likeness (QED) is 0.615. The van der Waals surface area contributed by atoms with Crippen molar-refractivity contribution in [3.8, 4) is 22.9 Å². The van der Waals surface area contributed by atoms with Crippen molar-refractivity contribution in [2.75, 3.05) is 5.32 Å². The molecule has 0 fully saturated rings. The molecule has 30 heavy (non-hydrogen) atoms. The van der Waals surface area contributed by atoms with Crippen LogP contribution in [0.1, 0.15) is 39.1 Å². The zero-order valence-electron chi connectivity index (χ0n) is 18.0. The van der Waals surface area contributed by atoms with Gasteiger partial charge in [0.15, 0.2) is 0 Å². The highest BCUT2D eigenvalue weighted by Gasteiger charge is 2.15. The highest BCUT2D eigenvalue weighted by molar-refractivity contribution is 5.89. The number of aryl methyl sites for hydroxylation is 2. The Kier molecular flexibility index (Phi) is 6.30.